The fourth-order valence-electron chi connectivity index (χ4n) is 8.67. The average Bonchev–Trinajstić information content (AvgIpc) is 3.54. The summed E-state index contributed by atoms with van der Waals surface area (Å²) in [6, 6.07) is 54.5. The van der Waals surface area contributed by atoms with Gasteiger partial charge in [0.2, 0.25) is 0 Å². The van der Waals surface area contributed by atoms with E-state index < -0.39 is 0 Å². The third-order valence-electron chi connectivity index (χ3n) is 10.6. The third kappa shape index (κ3) is 3.21. The van der Waals surface area contributed by atoms with Gasteiger partial charge in [-0.2, -0.15) is 0 Å². The van der Waals surface area contributed by atoms with Gasteiger partial charge in [-0.05, 0) is 105 Å². The first-order chi connectivity index (χ1) is 22.1. The number of hydrogen-bond donors (Lipinski definition) is 0. The Kier molecular flexibility index (Phi) is 4.88. The lowest BCUT2D eigenvalue weighted by Crippen LogP contribution is -2.15. The second-order valence-corrected chi connectivity index (χ2v) is 13.2. The maximum Gasteiger partial charge on any atom is 0.0165 e. The summed E-state index contributed by atoms with van der Waals surface area (Å²) in [6.45, 7) is 4.82. The maximum absolute atomic E-state index is 2.52. The van der Waals surface area contributed by atoms with Crippen LogP contribution in [0, 0.1) is 0 Å². The standard InChI is InChI=1S/C45H30/c1-45(2)41-26-40(33-18-9-10-19-37(33)43(41)39-23-22-27-12-3-4-13-28(27)44(39)45)32-17-8-5-14-29(32)34-24-25-38-31-16-7-6-15-30(31)35-20-11-21-36(34)42(35)38/h3-26H,1-2H3. The van der Waals surface area contributed by atoms with E-state index in [0.29, 0.717) is 0 Å². The van der Waals surface area contributed by atoms with Gasteiger partial charge in [0.15, 0.2) is 0 Å². The topological polar surface area (TPSA) is 0 Å². The van der Waals surface area contributed by atoms with Gasteiger partial charge in [0.1, 0.15) is 0 Å². The van der Waals surface area contributed by atoms with E-state index in [0.717, 1.165) is 0 Å². The Balaban J connectivity index is 1.26. The molecule has 8 aromatic rings. The lowest BCUT2D eigenvalue weighted by atomic mass is 9.78. The van der Waals surface area contributed by atoms with E-state index in [1.54, 1.807) is 0 Å². The molecule has 45 heavy (non-hydrogen) atoms. The molecule has 0 fully saturated rings. The van der Waals surface area contributed by atoms with Gasteiger partial charge in [-0.15, -0.1) is 0 Å². The number of fused-ring (bicyclic) bond motifs is 10. The molecule has 0 spiro atoms. The molecule has 0 atom stereocenters. The SMILES string of the molecule is CC1(C)c2cc(-c3ccccc3-c3ccc4c5c(cccc35)-c3ccccc3-4)c3ccccc3c2-c2ccc3ccccc3c21. The largest absolute Gasteiger partial charge is 0.0616 e. The van der Waals surface area contributed by atoms with Gasteiger partial charge in [0.05, 0.1) is 0 Å². The van der Waals surface area contributed by atoms with Gasteiger partial charge in [0.25, 0.3) is 0 Å². The maximum atomic E-state index is 2.52. The lowest BCUT2D eigenvalue weighted by molar-refractivity contribution is 0.667. The molecule has 0 saturated heterocycles. The highest BCUT2D eigenvalue weighted by Crippen LogP contribution is 2.56. The van der Waals surface area contributed by atoms with Crippen LogP contribution < -0.4 is 0 Å². The smallest absolute Gasteiger partial charge is 0.0165 e. The molecule has 0 heteroatoms. The van der Waals surface area contributed by atoms with Crippen molar-refractivity contribution < 1.29 is 0 Å². The normalized spacial score (nSPS) is 13.7. The van der Waals surface area contributed by atoms with Crippen molar-refractivity contribution in [1.82, 2.24) is 0 Å². The predicted molar refractivity (Wildman–Crippen MR) is 192 cm³/mol. The summed E-state index contributed by atoms with van der Waals surface area (Å²) in [4.78, 5) is 0. The molecule has 8 aromatic carbocycles. The van der Waals surface area contributed by atoms with Crippen LogP contribution in [0.1, 0.15) is 25.0 Å². The molecule has 210 valence electrons. The van der Waals surface area contributed by atoms with Crippen molar-refractivity contribution in [2.45, 2.75) is 19.3 Å². The summed E-state index contributed by atoms with van der Waals surface area (Å²) in [5, 5.41) is 7.99. The van der Waals surface area contributed by atoms with Crippen LogP contribution in [-0.4, -0.2) is 0 Å². The van der Waals surface area contributed by atoms with Crippen molar-refractivity contribution in [3.63, 3.8) is 0 Å². The Morgan fingerprint density at radius 2 is 0.867 bits per heavy atom. The van der Waals surface area contributed by atoms with Crippen molar-refractivity contribution in [3.8, 4) is 55.6 Å². The van der Waals surface area contributed by atoms with Crippen LogP contribution >= 0.6 is 0 Å². The zero-order chi connectivity index (χ0) is 29.9. The lowest BCUT2D eigenvalue weighted by Gasteiger charge is -2.24. The Hall–Kier alpha value is -5.46. The van der Waals surface area contributed by atoms with Crippen LogP contribution in [0.5, 0.6) is 0 Å². The minimum atomic E-state index is -0.132. The van der Waals surface area contributed by atoms with Crippen molar-refractivity contribution in [2.24, 2.45) is 0 Å². The third-order valence-corrected chi connectivity index (χ3v) is 10.6. The van der Waals surface area contributed by atoms with Gasteiger partial charge in [-0.25, -0.2) is 0 Å². The Bertz CT molecular complexity index is 2530. The molecule has 0 amide bonds. The van der Waals surface area contributed by atoms with Gasteiger partial charge in [-0.1, -0.05) is 153 Å². The Morgan fingerprint density at radius 1 is 0.356 bits per heavy atom. The minimum Gasteiger partial charge on any atom is -0.0616 e. The number of rotatable bonds is 2. The molecule has 2 aliphatic rings. The molecule has 0 nitrogen and oxygen atoms in total. The highest BCUT2D eigenvalue weighted by Gasteiger charge is 2.38. The zero-order valence-corrected chi connectivity index (χ0v) is 25.4. The van der Waals surface area contributed by atoms with E-state index in [1.165, 1.54) is 99.1 Å². The van der Waals surface area contributed by atoms with Crippen molar-refractivity contribution in [2.75, 3.05) is 0 Å². The number of benzene rings is 8. The van der Waals surface area contributed by atoms with Crippen LogP contribution in [0.2, 0.25) is 0 Å². The second kappa shape index (κ2) is 8.80. The summed E-state index contributed by atoms with van der Waals surface area (Å²) < 4.78 is 0. The van der Waals surface area contributed by atoms with E-state index in [2.05, 4.69) is 159 Å². The second-order valence-electron chi connectivity index (χ2n) is 13.2. The molecule has 0 N–H and O–H groups in total. The molecular weight excluding hydrogens is 540 g/mol. The summed E-state index contributed by atoms with van der Waals surface area (Å²) in [5.74, 6) is 0. The molecule has 0 unspecified atom stereocenters. The molecule has 0 aromatic heterocycles. The molecule has 0 aliphatic heterocycles. The van der Waals surface area contributed by atoms with Crippen molar-refractivity contribution in [1.29, 1.82) is 0 Å². The summed E-state index contributed by atoms with van der Waals surface area (Å²) in [5.41, 5.74) is 16.0. The molecule has 2 aliphatic carbocycles. The summed E-state index contributed by atoms with van der Waals surface area (Å²) in [7, 11) is 0. The Labute approximate surface area is 263 Å². The quantitative estimate of drug-likeness (QED) is 0.194. The fraction of sp³-hybridized carbons (Fsp3) is 0.0667. The van der Waals surface area contributed by atoms with E-state index in [4.69, 9.17) is 0 Å². The average molecular weight is 571 g/mol. The van der Waals surface area contributed by atoms with Gasteiger partial charge < -0.3 is 0 Å². The molecule has 0 bridgehead atoms. The first-order valence-corrected chi connectivity index (χ1v) is 16.0. The van der Waals surface area contributed by atoms with Crippen LogP contribution in [-0.2, 0) is 5.41 Å². The zero-order valence-electron chi connectivity index (χ0n) is 25.4. The summed E-state index contributed by atoms with van der Waals surface area (Å²) in [6.07, 6.45) is 0. The first kappa shape index (κ1) is 24.9. The molecule has 0 saturated carbocycles. The summed E-state index contributed by atoms with van der Waals surface area (Å²) >= 11 is 0. The monoisotopic (exact) mass is 570 g/mol. The fourth-order valence-corrected chi connectivity index (χ4v) is 8.67. The van der Waals surface area contributed by atoms with E-state index in [-0.39, 0.29) is 5.41 Å². The van der Waals surface area contributed by atoms with Crippen molar-refractivity contribution in [3.05, 3.63) is 157 Å². The van der Waals surface area contributed by atoms with Gasteiger partial charge in [0, 0.05) is 5.41 Å². The highest BCUT2D eigenvalue weighted by molar-refractivity contribution is 6.20. The molecule has 10 rings (SSSR count). The van der Waals surface area contributed by atoms with Gasteiger partial charge in [-0.3, -0.25) is 0 Å². The van der Waals surface area contributed by atoms with E-state index in [9.17, 15) is 0 Å². The predicted octanol–water partition coefficient (Wildman–Crippen LogP) is 12.4. The Morgan fingerprint density at radius 3 is 1.62 bits per heavy atom. The molecular formula is C45H30. The molecule has 0 radical (unpaired) electrons. The van der Waals surface area contributed by atoms with Gasteiger partial charge >= 0.3 is 0 Å². The van der Waals surface area contributed by atoms with E-state index >= 15 is 0 Å². The van der Waals surface area contributed by atoms with Crippen LogP contribution in [0.4, 0.5) is 0 Å². The van der Waals surface area contributed by atoms with Crippen LogP contribution in [0.25, 0.3) is 88.0 Å². The number of hydrogen-bond acceptors (Lipinski definition) is 0. The van der Waals surface area contributed by atoms with Crippen LogP contribution in [0.3, 0.4) is 0 Å². The minimum absolute atomic E-state index is 0.132. The highest BCUT2D eigenvalue weighted by atomic mass is 14.4. The van der Waals surface area contributed by atoms with E-state index in [1.807, 2.05) is 0 Å². The van der Waals surface area contributed by atoms with Crippen LogP contribution in [0.15, 0.2) is 146 Å². The first-order valence-electron chi connectivity index (χ1n) is 16.0. The van der Waals surface area contributed by atoms with Crippen molar-refractivity contribution >= 4 is 32.3 Å². The molecule has 0 heterocycles.